The van der Waals surface area contributed by atoms with Crippen LogP contribution in [0, 0.1) is 0 Å². The summed E-state index contributed by atoms with van der Waals surface area (Å²) in [5.74, 6) is 0.0893. The van der Waals surface area contributed by atoms with Crippen molar-refractivity contribution in [2.75, 3.05) is 26.7 Å². The summed E-state index contributed by atoms with van der Waals surface area (Å²) in [6.07, 6.45) is 3.47. The van der Waals surface area contributed by atoms with E-state index in [0.717, 1.165) is 31.5 Å². The first-order chi connectivity index (χ1) is 10.2. The van der Waals surface area contributed by atoms with Crippen LogP contribution >= 0.6 is 0 Å². The summed E-state index contributed by atoms with van der Waals surface area (Å²) < 4.78 is 0. The number of piperidine rings is 1. The van der Waals surface area contributed by atoms with E-state index in [2.05, 4.69) is 10.6 Å². The topological polar surface area (TPSA) is 61.4 Å². The summed E-state index contributed by atoms with van der Waals surface area (Å²) in [5.41, 5.74) is 1.71. The van der Waals surface area contributed by atoms with Crippen LogP contribution in [0.1, 0.15) is 35.2 Å². The lowest BCUT2D eigenvalue weighted by molar-refractivity contribution is -0.131. The van der Waals surface area contributed by atoms with Crippen LogP contribution in [0.3, 0.4) is 0 Å². The van der Waals surface area contributed by atoms with E-state index >= 15 is 0 Å². The average Bonchev–Trinajstić information content (AvgIpc) is 2.55. The summed E-state index contributed by atoms with van der Waals surface area (Å²) in [6, 6.07) is 7.40. The van der Waals surface area contributed by atoms with Gasteiger partial charge in [-0.2, -0.15) is 0 Å². The van der Waals surface area contributed by atoms with Crippen molar-refractivity contribution in [1.82, 2.24) is 15.5 Å². The van der Waals surface area contributed by atoms with Crippen LogP contribution < -0.4 is 10.6 Å². The number of carbonyl (C=O) groups is 2. The van der Waals surface area contributed by atoms with Gasteiger partial charge in [-0.1, -0.05) is 12.1 Å². The number of likely N-dealkylation sites (tertiary alicyclic amines) is 1. The fraction of sp³-hybridized carbons (Fsp3) is 0.500. The molecule has 5 heteroatoms. The number of nitrogens with zero attached hydrogens (tertiary/aromatic N) is 1. The monoisotopic (exact) mass is 289 g/mol. The van der Waals surface area contributed by atoms with E-state index < -0.39 is 0 Å². The number of hydrogen-bond donors (Lipinski definition) is 2. The molecule has 1 saturated heterocycles. The Morgan fingerprint density at radius 3 is 2.38 bits per heavy atom. The molecule has 21 heavy (non-hydrogen) atoms. The molecule has 1 fully saturated rings. The van der Waals surface area contributed by atoms with E-state index in [9.17, 15) is 9.59 Å². The first-order valence-electron chi connectivity index (χ1n) is 7.50. The van der Waals surface area contributed by atoms with Crippen LogP contribution in [-0.2, 0) is 11.3 Å². The van der Waals surface area contributed by atoms with Crippen LogP contribution in [0.5, 0.6) is 0 Å². The van der Waals surface area contributed by atoms with E-state index in [4.69, 9.17) is 0 Å². The Kier molecular flexibility index (Phi) is 5.75. The zero-order valence-electron chi connectivity index (χ0n) is 12.5. The Morgan fingerprint density at radius 1 is 1.10 bits per heavy atom. The molecule has 1 aliphatic heterocycles. The molecule has 2 rings (SSSR count). The smallest absolute Gasteiger partial charge is 0.251 e. The van der Waals surface area contributed by atoms with Gasteiger partial charge in [0.05, 0.1) is 6.54 Å². The van der Waals surface area contributed by atoms with Crippen LogP contribution in [0.2, 0.25) is 0 Å². The minimum Gasteiger partial charge on any atom is -0.355 e. The summed E-state index contributed by atoms with van der Waals surface area (Å²) in [5, 5.41) is 5.76. The van der Waals surface area contributed by atoms with Gasteiger partial charge in [0.15, 0.2) is 0 Å². The minimum absolute atomic E-state index is 0.0882. The molecule has 0 unspecified atom stereocenters. The Bertz CT molecular complexity index is 479. The molecule has 114 valence electrons. The van der Waals surface area contributed by atoms with Gasteiger partial charge in [-0.25, -0.2) is 0 Å². The third-order valence-electron chi connectivity index (χ3n) is 3.76. The van der Waals surface area contributed by atoms with Crippen LogP contribution in [0.4, 0.5) is 0 Å². The number of amides is 2. The summed E-state index contributed by atoms with van der Waals surface area (Å²) in [7, 11) is 1.62. The van der Waals surface area contributed by atoms with E-state index in [-0.39, 0.29) is 11.8 Å². The fourth-order valence-electron chi connectivity index (χ4n) is 2.49. The van der Waals surface area contributed by atoms with Gasteiger partial charge in [0.25, 0.3) is 5.91 Å². The SMILES string of the molecule is CNC(=O)c1ccc(CNCC(=O)N2CCCCC2)cc1. The highest BCUT2D eigenvalue weighted by atomic mass is 16.2. The Labute approximate surface area is 125 Å². The molecular formula is C16H23N3O2. The van der Waals surface area contributed by atoms with Crippen molar-refractivity contribution in [3.63, 3.8) is 0 Å². The summed E-state index contributed by atoms with van der Waals surface area (Å²) >= 11 is 0. The quantitative estimate of drug-likeness (QED) is 0.855. The van der Waals surface area contributed by atoms with Gasteiger partial charge in [-0.05, 0) is 37.0 Å². The zero-order valence-corrected chi connectivity index (χ0v) is 12.5. The third-order valence-corrected chi connectivity index (χ3v) is 3.76. The van der Waals surface area contributed by atoms with Crippen molar-refractivity contribution in [2.24, 2.45) is 0 Å². The molecule has 1 aromatic rings. The normalized spacial score (nSPS) is 14.8. The van der Waals surface area contributed by atoms with E-state index in [0.29, 0.717) is 18.7 Å². The predicted octanol–water partition coefficient (Wildman–Crippen LogP) is 1.15. The van der Waals surface area contributed by atoms with E-state index in [1.165, 1.54) is 6.42 Å². The largest absolute Gasteiger partial charge is 0.355 e. The van der Waals surface area contributed by atoms with Crippen molar-refractivity contribution in [3.8, 4) is 0 Å². The van der Waals surface area contributed by atoms with Gasteiger partial charge < -0.3 is 15.5 Å². The molecule has 1 aromatic carbocycles. The Morgan fingerprint density at radius 2 is 1.76 bits per heavy atom. The molecule has 2 N–H and O–H groups in total. The Hall–Kier alpha value is -1.88. The van der Waals surface area contributed by atoms with Gasteiger partial charge in [-0.3, -0.25) is 9.59 Å². The van der Waals surface area contributed by atoms with Gasteiger partial charge in [0.2, 0.25) is 5.91 Å². The Balaban J connectivity index is 1.75. The third kappa shape index (κ3) is 4.56. The highest BCUT2D eigenvalue weighted by Gasteiger charge is 2.15. The highest BCUT2D eigenvalue weighted by Crippen LogP contribution is 2.08. The number of hydrogen-bond acceptors (Lipinski definition) is 3. The predicted molar refractivity (Wildman–Crippen MR) is 82.0 cm³/mol. The highest BCUT2D eigenvalue weighted by molar-refractivity contribution is 5.93. The number of rotatable bonds is 5. The second kappa shape index (κ2) is 7.78. The van der Waals surface area contributed by atoms with Crippen molar-refractivity contribution >= 4 is 11.8 Å². The van der Waals surface area contributed by atoms with Crippen molar-refractivity contribution in [3.05, 3.63) is 35.4 Å². The molecule has 0 saturated carbocycles. The maximum Gasteiger partial charge on any atom is 0.251 e. The summed E-state index contributed by atoms with van der Waals surface area (Å²) in [6.45, 7) is 2.79. The molecule has 2 amide bonds. The summed E-state index contributed by atoms with van der Waals surface area (Å²) in [4.78, 5) is 25.3. The maximum atomic E-state index is 12.0. The molecule has 0 radical (unpaired) electrons. The molecule has 1 aliphatic rings. The molecular weight excluding hydrogens is 266 g/mol. The van der Waals surface area contributed by atoms with Crippen molar-refractivity contribution in [2.45, 2.75) is 25.8 Å². The second-order valence-electron chi connectivity index (χ2n) is 5.32. The molecule has 0 aliphatic carbocycles. The van der Waals surface area contributed by atoms with E-state index in [1.54, 1.807) is 19.2 Å². The average molecular weight is 289 g/mol. The lowest BCUT2D eigenvalue weighted by Gasteiger charge is -2.26. The molecule has 1 heterocycles. The maximum absolute atomic E-state index is 12.0. The number of benzene rings is 1. The van der Waals surface area contributed by atoms with Crippen LogP contribution in [0.25, 0.3) is 0 Å². The van der Waals surface area contributed by atoms with Crippen molar-refractivity contribution in [1.29, 1.82) is 0 Å². The van der Waals surface area contributed by atoms with Crippen LogP contribution in [-0.4, -0.2) is 43.4 Å². The van der Waals surface area contributed by atoms with Gasteiger partial charge in [0, 0.05) is 32.2 Å². The molecule has 5 nitrogen and oxygen atoms in total. The van der Waals surface area contributed by atoms with Crippen LogP contribution in [0.15, 0.2) is 24.3 Å². The molecule has 0 atom stereocenters. The first kappa shape index (κ1) is 15.5. The van der Waals surface area contributed by atoms with Gasteiger partial charge in [-0.15, -0.1) is 0 Å². The molecule has 0 spiro atoms. The van der Waals surface area contributed by atoms with Gasteiger partial charge >= 0.3 is 0 Å². The molecule has 0 bridgehead atoms. The van der Waals surface area contributed by atoms with Gasteiger partial charge in [0.1, 0.15) is 0 Å². The lowest BCUT2D eigenvalue weighted by Crippen LogP contribution is -2.40. The molecule has 0 aromatic heterocycles. The zero-order chi connectivity index (χ0) is 15.1. The number of carbonyl (C=O) groups excluding carboxylic acids is 2. The standard InChI is InChI=1S/C16H23N3O2/c1-17-16(21)14-7-5-13(6-8-14)11-18-12-15(20)19-9-3-2-4-10-19/h5-8,18H,2-4,9-12H2,1H3,(H,17,21). The number of nitrogens with one attached hydrogen (secondary N) is 2. The lowest BCUT2D eigenvalue weighted by atomic mass is 10.1. The van der Waals surface area contributed by atoms with E-state index in [1.807, 2.05) is 17.0 Å². The first-order valence-corrected chi connectivity index (χ1v) is 7.50. The second-order valence-corrected chi connectivity index (χ2v) is 5.32. The minimum atomic E-state index is -0.0882. The fourth-order valence-corrected chi connectivity index (χ4v) is 2.49. The van der Waals surface area contributed by atoms with Crippen molar-refractivity contribution < 1.29 is 9.59 Å².